The van der Waals surface area contributed by atoms with Crippen LogP contribution in [0.2, 0.25) is 0 Å². The van der Waals surface area contributed by atoms with Gasteiger partial charge in [-0.05, 0) is 48.5 Å². The first-order valence-electron chi connectivity index (χ1n) is 9.89. The summed E-state index contributed by atoms with van der Waals surface area (Å²) in [5, 5.41) is 0. The van der Waals surface area contributed by atoms with Gasteiger partial charge in [0.15, 0.2) is 11.5 Å². The number of rotatable bonds is 8. The summed E-state index contributed by atoms with van der Waals surface area (Å²) in [7, 11) is -3.84. The minimum absolute atomic E-state index is 0.0450. The van der Waals surface area contributed by atoms with Crippen LogP contribution in [0.5, 0.6) is 17.2 Å². The molecule has 0 saturated heterocycles. The van der Waals surface area contributed by atoms with Crippen LogP contribution in [0.15, 0.2) is 77.7 Å². The van der Waals surface area contributed by atoms with Crippen LogP contribution < -0.4 is 18.9 Å². The Kier molecular flexibility index (Phi) is 6.46. The summed E-state index contributed by atoms with van der Waals surface area (Å²) in [6.07, 6.45) is 0. The van der Waals surface area contributed by atoms with Crippen LogP contribution in [0.4, 0.5) is 5.69 Å². The second-order valence-corrected chi connectivity index (χ2v) is 8.47. The summed E-state index contributed by atoms with van der Waals surface area (Å²) < 4.78 is 49.4. The molecule has 1 heterocycles. The number of nitrogens with one attached hydrogen (secondary N) is 1. The van der Waals surface area contributed by atoms with Crippen molar-refractivity contribution in [1.82, 2.24) is 0 Å². The summed E-state index contributed by atoms with van der Waals surface area (Å²) in [6, 6.07) is 19.6. The molecule has 0 spiro atoms. The van der Waals surface area contributed by atoms with Crippen LogP contribution in [-0.4, -0.2) is 40.8 Å². The first kappa shape index (κ1) is 21.5. The number of carbonyl (C=O) groups excluding carboxylic acids is 1. The second kappa shape index (κ2) is 9.61. The topological polar surface area (TPSA) is 100 Å². The second-order valence-electron chi connectivity index (χ2n) is 6.79. The molecule has 166 valence electrons. The van der Waals surface area contributed by atoms with Crippen molar-refractivity contribution in [3.8, 4) is 17.2 Å². The Morgan fingerprint density at radius 1 is 0.875 bits per heavy atom. The molecule has 4 rings (SSSR count). The molecule has 0 radical (unpaired) electrons. The SMILES string of the molecule is O=C(OCCOc1ccccc1)c1ccc(NS(=O)(=O)c2ccc3c(c2)OCCO3)cc1. The highest BCUT2D eigenvalue weighted by atomic mass is 32.2. The summed E-state index contributed by atoms with van der Waals surface area (Å²) in [4.78, 5) is 12.2. The molecule has 0 atom stereocenters. The Hall–Kier alpha value is -3.72. The summed E-state index contributed by atoms with van der Waals surface area (Å²) in [5.74, 6) is 1.06. The van der Waals surface area contributed by atoms with Gasteiger partial charge in [-0.2, -0.15) is 0 Å². The normalized spacial score (nSPS) is 12.6. The van der Waals surface area contributed by atoms with Crippen molar-refractivity contribution in [2.45, 2.75) is 4.90 Å². The molecule has 0 saturated carbocycles. The van der Waals surface area contributed by atoms with Crippen molar-refractivity contribution in [3.05, 3.63) is 78.4 Å². The summed E-state index contributed by atoms with van der Waals surface area (Å²) in [5.41, 5.74) is 0.607. The van der Waals surface area contributed by atoms with E-state index in [4.69, 9.17) is 18.9 Å². The smallest absolute Gasteiger partial charge is 0.338 e. The predicted molar refractivity (Wildman–Crippen MR) is 117 cm³/mol. The van der Waals surface area contributed by atoms with Crippen molar-refractivity contribution >= 4 is 21.7 Å². The van der Waals surface area contributed by atoms with Gasteiger partial charge in [-0.1, -0.05) is 18.2 Å². The van der Waals surface area contributed by atoms with Gasteiger partial charge in [0, 0.05) is 11.8 Å². The quantitative estimate of drug-likeness (QED) is 0.410. The molecule has 0 fully saturated rings. The standard InChI is InChI=1S/C23H21NO7S/c25-23(31-15-12-28-19-4-2-1-3-5-19)17-6-8-18(9-7-17)24-32(26,27)20-10-11-21-22(16-20)30-14-13-29-21/h1-11,16,24H,12-15H2. The van der Waals surface area contributed by atoms with Gasteiger partial charge in [-0.3, -0.25) is 4.72 Å². The zero-order valence-corrected chi connectivity index (χ0v) is 17.8. The number of fused-ring (bicyclic) bond motifs is 1. The Balaban J connectivity index is 1.32. The number of carbonyl (C=O) groups is 1. The lowest BCUT2D eigenvalue weighted by Gasteiger charge is -2.19. The van der Waals surface area contributed by atoms with E-state index in [1.807, 2.05) is 30.3 Å². The first-order chi connectivity index (χ1) is 15.5. The molecule has 8 nitrogen and oxygen atoms in total. The third kappa shape index (κ3) is 5.30. The number of esters is 1. The predicted octanol–water partition coefficient (Wildman–Crippen LogP) is 3.49. The van der Waals surface area contributed by atoms with Crippen molar-refractivity contribution < 1.29 is 32.2 Å². The molecule has 0 bridgehead atoms. The fourth-order valence-corrected chi connectivity index (χ4v) is 4.05. The maximum absolute atomic E-state index is 12.7. The zero-order valence-electron chi connectivity index (χ0n) is 17.0. The van der Waals surface area contributed by atoms with Gasteiger partial charge in [-0.15, -0.1) is 0 Å². The van der Waals surface area contributed by atoms with Gasteiger partial charge in [-0.25, -0.2) is 13.2 Å². The van der Waals surface area contributed by atoms with E-state index in [-0.39, 0.29) is 18.1 Å². The largest absolute Gasteiger partial charge is 0.490 e. The Morgan fingerprint density at radius 3 is 2.34 bits per heavy atom. The average molecular weight is 455 g/mol. The zero-order chi connectivity index (χ0) is 22.4. The lowest BCUT2D eigenvalue weighted by Crippen LogP contribution is -2.17. The molecule has 0 unspecified atom stereocenters. The fourth-order valence-electron chi connectivity index (χ4n) is 2.97. The molecular formula is C23H21NO7S. The molecule has 1 N–H and O–H groups in total. The van der Waals surface area contributed by atoms with Gasteiger partial charge in [0.05, 0.1) is 10.5 Å². The van der Waals surface area contributed by atoms with E-state index < -0.39 is 16.0 Å². The van der Waals surface area contributed by atoms with Gasteiger partial charge in [0.2, 0.25) is 0 Å². The van der Waals surface area contributed by atoms with Gasteiger partial charge in [0.1, 0.15) is 32.2 Å². The third-order valence-corrected chi connectivity index (χ3v) is 5.90. The fraction of sp³-hybridized carbons (Fsp3) is 0.174. The van der Waals surface area contributed by atoms with E-state index in [0.29, 0.717) is 41.7 Å². The van der Waals surface area contributed by atoms with Crippen LogP contribution in [0.25, 0.3) is 0 Å². The number of sulfonamides is 1. The number of benzene rings is 3. The highest BCUT2D eigenvalue weighted by Crippen LogP contribution is 2.32. The average Bonchev–Trinajstić information content (AvgIpc) is 2.82. The first-order valence-corrected chi connectivity index (χ1v) is 11.4. The van der Waals surface area contributed by atoms with E-state index in [1.165, 1.54) is 36.4 Å². The highest BCUT2D eigenvalue weighted by molar-refractivity contribution is 7.92. The molecule has 1 aliphatic heterocycles. The monoisotopic (exact) mass is 455 g/mol. The van der Waals surface area contributed by atoms with E-state index in [1.54, 1.807) is 6.07 Å². The molecule has 1 aliphatic rings. The van der Waals surface area contributed by atoms with Crippen LogP contribution >= 0.6 is 0 Å². The van der Waals surface area contributed by atoms with E-state index in [0.717, 1.165) is 0 Å². The van der Waals surface area contributed by atoms with Gasteiger partial charge < -0.3 is 18.9 Å². The van der Waals surface area contributed by atoms with Crippen LogP contribution in [0.1, 0.15) is 10.4 Å². The molecule has 32 heavy (non-hydrogen) atoms. The lowest BCUT2D eigenvalue weighted by atomic mass is 10.2. The van der Waals surface area contributed by atoms with Gasteiger partial charge in [0.25, 0.3) is 10.0 Å². The van der Waals surface area contributed by atoms with E-state index in [9.17, 15) is 13.2 Å². The third-order valence-electron chi connectivity index (χ3n) is 4.53. The highest BCUT2D eigenvalue weighted by Gasteiger charge is 2.19. The number of ether oxygens (including phenoxy) is 4. The molecule has 0 aliphatic carbocycles. The Morgan fingerprint density at radius 2 is 1.59 bits per heavy atom. The molecular weight excluding hydrogens is 434 g/mol. The van der Waals surface area contributed by atoms with Crippen molar-refractivity contribution in [2.75, 3.05) is 31.1 Å². The maximum atomic E-state index is 12.7. The number of hydrogen-bond acceptors (Lipinski definition) is 7. The Labute approximate surface area is 185 Å². The summed E-state index contributed by atoms with van der Waals surface area (Å²) >= 11 is 0. The van der Waals surface area contributed by atoms with Crippen LogP contribution in [0, 0.1) is 0 Å². The molecule has 9 heteroatoms. The number of anilines is 1. The van der Waals surface area contributed by atoms with Crippen molar-refractivity contribution in [1.29, 1.82) is 0 Å². The van der Waals surface area contributed by atoms with E-state index >= 15 is 0 Å². The minimum Gasteiger partial charge on any atom is -0.490 e. The number of hydrogen-bond donors (Lipinski definition) is 1. The summed E-state index contributed by atoms with van der Waals surface area (Å²) in [6.45, 7) is 1.10. The Bertz CT molecular complexity index is 1180. The van der Waals surface area contributed by atoms with Crippen molar-refractivity contribution in [3.63, 3.8) is 0 Å². The minimum atomic E-state index is -3.84. The van der Waals surface area contributed by atoms with Crippen LogP contribution in [0.3, 0.4) is 0 Å². The molecule has 3 aromatic rings. The van der Waals surface area contributed by atoms with Crippen LogP contribution in [-0.2, 0) is 14.8 Å². The van der Waals surface area contributed by atoms with Gasteiger partial charge >= 0.3 is 5.97 Å². The molecule has 3 aromatic carbocycles. The molecule has 0 amide bonds. The molecule has 0 aromatic heterocycles. The lowest BCUT2D eigenvalue weighted by molar-refractivity contribution is 0.0450. The van der Waals surface area contributed by atoms with E-state index in [2.05, 4.69) is 4.72 Å². The maximum Gasteiger partial charge on any atom is 0.338 e. The number of para-hydroxylation sites is 1. The van der Waals surface area contributed by atoms with Crippen molar-refractivity contribution in [2.24, 2.45) is 0 Å².